The van der Waals surface area contributed by atoms with E-state index in [0.29, 0.717) is 0 Å². The highest BCUT2D eigenvalue weighted by Crippen LogP contribution is 2.42. The molecule has 0 heterocycles. The van der Waals surface area contributed by atoms with E-state index in [1.54, 1.807) is 14.2 Å². The van der Waals surface area contributed by atoms with Gasteiger partial charge in [0.15, 0.2) is 0 Å². The van der Waals surface area contributed by atoms with Gasteiger partial charge in [-0.25, -0.2) is 0 Å². The van der Waals surface area contributed by atoms with Crippen molar-refractivity contribution < 1.29 is 9.47 Å². The van der Waals surface area contributed by atoms with E-state index in [-0.39, 0.29) is 0 Å². The summed E-state index contributed by atoms with van der Waals surface area (Å²) in [6.07, 6.45) is 0. The van der Waals surface area contributed by atoms with E-state index < -0.39 is 0 Å². The van der Waals surface area contributed by atoms with Crippen molar-refractivity contribution in [2.75, 3.05) is 20.0 Å². The van der Waals surface area contributed by atoms with Crippen LogP contribution in [-0.4, -0.2) is 14.2 Å². The monoisotopic (exact) mass is 321 g/mol. The molecular weight excluding hydrogens is 306 g/mol. The zero-order valence-corrected chi connectivity index (χ0v) is 12.7. The fraction of sp³-hybridized carbons (Fsp3) is 0.200. The fourth-order valence-electron chi connectivity index (χ4n) is 1.93. The topological polar surface area (TPSA) is 44.5 Å². The molecule has 2 aromatic carbocycles. The van der Waals surface area contributed by atoms with E-state index in [1.165, 1.54) is 0 Å². The van der Waals surface area contributed by atoms with Crippen molar-refractivity contribution in [2.45, 2.75) is 6.92 Å². The van der Waals surface area contributed by atoms with E-state index in [0.717, 1.165) is 38.3 Å². The second-order valence-electron chi connectivity index (χ2n) is 4.23. The first-order valence-corrected chi connectivity index (χ1v) is 6.64. The molecule has 0 radical (unpaired) electrons. The Labute approximate surface area is 121 Å². The molecule has 100 valence electrons. The second-order valence-corrected chi connectivity index (χ2v) is 5.03. The predicted octanol–water partition coefficient (Wildman–Crippen LogP) is 4.02. The normalized spacial score (nSPS) is 10.3. The number of nitrogen functional groups attached to an aromatic ring is 1. The average Bonchev–Trinajstić information content (AvgIpc) is 2.41. The number of anilines is 1. The van der Waals surface area contributed by atoms with Gasteiger partial charge in [0.25, 0.3) is 0 Å². The predicted molar refractivity (Wildman–Crippen MR) is 81.8 cm³/mol. The van der Waals surface area contributed by atoms with Crippen LogP contribution in [0.15, 0.2) is 34.8 Å². The maximum absolute atomic E-state index is 5.97. The molecule has 2 rings (SSSR count). The van der Waals surface area contributed by atoms with E-state index in [9.17, 15) is 0 Å². The minimum absolute atomic E-state index is 0.737. The molecule has 0 saturated heterocycles. The molecule has 19 heavy (non-hydrogen) atoms. The van der Waals surface area contributed by atoms with Crippen LogP contribution in [0.5, 0.6) is 11.5 Å². The first-order chi connectivity index (χ1) is 9.08. The van der Waals surface area contributed by atoms with Crippen LogP contribution >= 0.6 is 15.9 Å². The molecule has 0 aliphatic rings. The van der Waals surface area contributed by atoms with E-state index >= 15 is 0 Å². The van der Waals surface area contributed by atoms with E-state index in [2.05, 4.69) is 15.9 Å². The lowest BCUT2D eigenvalue weighted by Crippen LogP contribution is -1.94. The average molecular weight is 322 g/mol. The third-order valence-corrected chi connectivity index (χ3v) is 3.83. The van der Waals surface area contributed by atoms with Crippen molar-refractivity contribution >= 4 is 21.6 Å². The molecular formula is C15H16BrNO2. The third-order valence-electron chi connectivity index (χ3n) is 3.08. The largest absolute Gasteiger partial charge is 0.495 e. The van der Waals surface area contributed by atoms with Crippen molar-refractivity contribution in [1.29, 1.82) is 0 Å². The lowest BCUT2D eigenvalue weighted by molar-refractivity contribution is 0.390. The minimum atomic E-state index is 0.737. The van der Waals surface area contributed by atoms with Crippen LogP contribution in [0.2, 0.25) is 0 Å². The lowest BCUT2D eigenvalue weighted by Gasteiger charge is -2.14. The van der Waals surface area contributed by atoms with Gasteiger partial charge in [-0.05, 0) is 52.2 Å². The lowest BCUT2D eigenvalue weighted by atomic mass is 10.0. The summed E-state index contributed by atoms with van der Waals surface area (Å²) in [5.74, 6) is 1.48. The van der Waals surface area contributed by atoms with Crippen molar-refractivity contribution in [2.24, 2.45) is 0 Å². The van der Waals surface area contributed by atoms with Crippen LogP contribution in [0, 0.1) is 6.92 Å². The minimum Gasteiger partial charge on any atom is -0.495 e. The molecule has 0 amide bonds. The Kier molecular flexibility index (Phi) is 4.00. The number of ether oxygens (including phenoxy) is 2. The zero-order chi connectivity index (χ0) is 14.0. The summed E-state index contributed by atoms with van der Waals surface area (Å²) in [5.41, 5.74) is 9.79. The number of rotatable bonds is 3. The quantitative estimate of drug-likeness (QED) is 0.868. The van der Waals surface area contributed by atoms with E-state index in [4.69, 9.17) is 15.2 Å². The highest BCUT2D eigenvalue weighted by Gasteiger charge is 2.14. The number of aryl methyl sites for hydroxylation is 1. The molecule has 0 bridgehead atoms. The highest BCUT2D eigenvalue weighted by atomic mass is 79.9. The Balaban J connectivity index is 2.61. The van der Waals surface area contributed by atoms with E-state index in [1.807, 2.05) is 37.3 Å². The molecule has 2 aromatic rings. The first-order valence-electron chi connectivity index (χ1n) is 5.85. The Morgan fingerprint density at radius 2 is 1.79 bits per heavy atom. The van der Waals surface area contributed by atoms with Gasteiger partial charge in [-0.2, -0.15) is 0 Å². The fourth-order valence-corrected chi connectivity index (χ4v) is 2.60. The van der Waals surface area contributed by atoms with Crippen LogP contribution in [-0.2, 0) is 0 Å². The Morgan fingerprint density at radius 1 is 1.05 bits per heavy atom. The molecule has 0 aliphatic heterocycles. The van der Waals surface area contributed by atoms with Gasteiger partial charge in [0.2, 0.25) is 0 Å². The first kappa shape index (κ1) is 13.7. The summed E-state index contributed by atoms with van der Waals surface area (Å²) in [4.78, 5) is 0. The number of halogens is 1. The summed E-state index contributed by atoms with van der Waals surface area (Å²) >= 11 is 3.50. The van der Waals surface area contributed by atoms with Gasteiger partial charge < -0.3 is 15.2 Å². The third kappa shape index (κ3) is 2.54. The zero-order valence-electron chi connectivity index (χ0n) is 11.2. The molecule has 0 aliphatic carbocycles. The Morgan fingerprint density at radius 3 is 2.37 bits per heavy atom. The molecule has 2 N–H and O–H groups in total. The molecule has 0 aromatic heterocycles. The van der Waals surface area contributed by atoms with Crippen LogP contribution in [0.25, 0.3) is 11.1 Å². The van der Waals surface area contributed by atoms with Crippen LogP contribution in [0.3, 0.4) is 0 Å². The van der Waals surface area contributed by atoms with Gasteiger partial charge in [-0.15, -0.1) is 0 Å². The standard InChI is InChI=1S/C15H16BrNO2/c1-9-4-5-10(8-12(9)17)11-6-7-13(18-2)14(16)15(11)19-3/h4-8H,17H2,1-3H3. The van der Waals surface area contributed by atoms with Gasteiger partial charge in [0, 0.05) is 11.3 Å². The molecule has 3 nitrogen and oxygen atoms in total. The number of nitrogens with two attached hydrogens (primary N) is 1. The summed E-state index contributed by atoms with van der Waals surface area (Å²) in [6, 6.07) is 9.85. The van der Waals surface area contributed by atoms with Gasteiger partial charge in [0.05, 0.1) is 14.2 Å². The number of benzene rings is 2. The SMILES string of the molecule is COc1ccc(-c2ccc(C)c(N)c2)c(OC)c1Br. The van der Waals surface area contributed by atoms with Crippen LogP contribution < -0.4 is 15.2 Å². The van der Waals surface area contributed by atoms with Gasteiger partial charge in [-0.1, -0.05) is 12.1 Å². The summed E-state index contributed by atoms with van der Waals surface area (Å²) in [5, 5.41) is 0. The molecule has 0 fully saturated rings. The maximum atomic E-state index is 5.97. The van der Waals surface area contributed by atoms with Crippen molar-refractivity contribution in [1.82, 2.24) is 0 Å². The molecule has 0 unspecified atom stereocenters. The van der Waals surface area contributed by atoms with Crippen LogP contribution in [0.1, 0.15) is 5.56 Å². The summed E-state index contributed by atoms with van der Waals surface area (Å²) in [7, 11) is 3.27. The molecule has 0 atom stereocenters. The number of hydrogen-bond acceptors (Lipinski definition) is 3. The Bertz CT molecular complexity index is 611. The Hall–Kier alpha value is -1.68. The van der Waals surface area contributed by atoms with Gasteiger partial charge >= 0.3 is 0 Å². The maximum Gasteiger partial charge on any atom is 0.144 e. The van der Waals surface area contributed by atoms with Crippen LogP contribution in [0.4, 0.5) is 5.69 Å². The highest BCUT2D eigenvalue weighted by molar-refractivity contribution is 9.10. The van der Waals surface area contributed by atoms with Crippen molar-refractivity contribution in [3.05, 3.63) is 40.4 Å². The molecule has 4 heteroatoms. The number of hydrogen-bond donors (Lipinski definition) is 1. The van der Waals surface area contributed by atoms with Gasteiger partial charge in [0.1, 0.15) is 16.0 Å². The number of methoxy groups -OCH3 is 2. The smallest absolute Gasteiger partial charge is 0.144 e. The second kappa shape index (κ2) is 5.53. The van der Waals surface area contributed by atoms with Crippen molar-refractivity contribution in [3.8, 4) is 22.6 Å². The molecule has 0 spiro atoms. The van der Waals surface area contributed by atoms with Crippen molar-refractivity contribution in [3.63, 3.8) is 0 Å². The molecule has 0 saturated carbocycles. The van der Waals surface area contributed by atoms with Gasteiger partial charge in [-0.3, -0.25) is 0 Å². The summed E-state index contributed by atoms with van der Waals surface area (Å²) in [6.45, 7) is 1.99. The summed E-state index contributed by atoms with van der Waals surface area (Å²) < 4.78 is 11.5.